The minimum absolute atomic E-state index is 0.273. The van der Waals surface area contributed by atoms with E-state index < -0.39 is 11.7 Å². The molecule has 1 saturated heterocycles. The summed E-state index contributed by atoms with van der Waals surface area (Å²) in [6, 6.07) is 13.8. The molecule has 1 aliphatic heterocycles. The Morgan fingerprint density at radius 1 is 0.957 bits per heavy atom. The molecule has 1 aliphatic rings. The van der Waals surface area contributed by atoms with Crippen LogP contribution in [0, 0.1) is 5.82 Å². The molecule has 4 nitrogen and oxygen atoms in total. The lowest BCUT2D eigenvalue weighted by molar-refractivity contribution is -0.0213. The van der Waals surface area contributed by atoms with Gasteiger partial charge in [0.2, 0.25) is 0 Å². The molecular weight excluding hydrogens is 297 g/mol. The molecule has 120 valence electrons. The summed E-state index contributed by atoms with van der Waals surface area (Å²) in [5.41, 5.74) is 1.65. The minimum Gasteiger partial charge on any atom is -0.465 e. The third-order valence-electron chi connectivity index (χ3n) is 4.46. The second kappa shape index (κ2) is 6.01. The molecule has 0 radical (unpaired) electrons. The molecule has 2 N–H and O–H groups in total. The van der Waals surface area contributed by atoms with E-state index >= 15 is 0 Å². The van der Waals surface area contributed by atoms with Crippen LogP contribution in [0.5, 0.6) is 0 Å². The first-order valence-electron chi connectivity index (χ1n) is 7.55. The maximum Gasteiger partial charge on any atom is 0.407 e. The van der Waals surface area contributed by atoms with Gasteiger partial charge in [-0.1, -0.05) is 36.4 Å². The molecule has 0 spiro atoms. The highest BCUT2D eigenvalue weighted by Crippen LogP contribution is 2.34. The van der Waals surface area contributed by atoms with E-state index in [-0.39, 0.29) is 5.82 Å². The van der Waals surface area contributed by atoms with Gasteiger partial charge in [-0.2, -0.15) is 0 Å². The molecule has 2 aromatic carbocycles. The SMILES string of the molecule is O=C(O)N1CCC(O)(c2ccc(-c3ccc(F)cc3)cc2)CC1. The van der Waals surface area contributed by atoms with E-state index in [0.717, 1.165) is 16.7 Å². The number of benzene rings is 2. The molecule has 0 aromatic heterocycles. The number of aliphatic hydroxyl groups is 1. The number of piperidine rings is 1. The maximum absolute atomic E-state index is 13.0. The van der Waals surface area contributed by atoms with Crippen LogP contribution in [-0.4, -0.2) is 34.3 Å². The number of amides is 1. The van der Waals surface area contributed by atoms with Crippen LogP contribution in [0.25, 0.3) is 11.1 Å². The molecule has 1 fully saturated rings. The van der Waals surface area contributed by atoms with Crippen molar-refractivity contribution < 1.29 is 19.4 Å². The summed E-state index contributed by atoms with van der Waals surface area (Å²) in [5.74, 6) is -0.273. The van der Waals surface area contributed by atoms with Crippen molar-refractivity contribution in [3.8, 4) is 11.1 Å². The normalized spacial score (nSPS) is 17.0. The van der Waals surface area contributed by atoms with Gasteiger partial charge in [0, 0.05) is 13.1 Å². The second-order valence-corrected chi connectivity index (χ2v) is 5.89. The Balaban J connectivity index is 1.77. The van der Waals surface area contributed by atoms with E-state index in [9.17, 15) is 14.3 Å². The molecule has 0 saturated carbocycles. The molecule has 23 heavy (non-hydrogen) atoms. The van der Waals surface area contributed by atoms with Gasteiger partial charge in [-0.25, -0.2) is 9.18 Å². The lowest BCUT2D eigenvalue weighted by atomic mass is 9.84. The van der Waals surface area contributed by atoms with Gasteiger partial charge in [0.1, 0.15) is 5.82 Å². The Morgan fingerprint density at radius 2 is 1.43 bits per heavy atom. The quantitative estimate of drug-likeness (QED) is 0.892. The monoisotopic (exact) mass is 315 g/mol. The Labute approximate surface area is 133 Å². The first-order valence-corrected chi connectivity index (χ1v) is 7.55. The van der Waals surface area contributed by atoms with E-state index in [1.54, 1.807) is 12.1 Å². The Morgan fingerprint density at radius 3 is 1.91 bits per heavy atom. The molecule has 0 bridgehead atoms. The van der Waals surface area contributed by atoms with Crippen LogP contribution in [-0.2, 0) is 5.60 Å². The second-order valence-electron chi connectivity index (χ2n) is 5.89. The van der Waals surface area contributed by atoms with E-state index in [1.165, 1.54) is 17.0 Å². The number of likely N-dealkylation sites (tertiary alicyclic amines) is 1. The van der Waals surface area contributed by atoms with Gasteiger partial charge in [0.25, 0.3) is 0 Å². The third kappa shape index (κ3) is 3.19. The number of nitrogens with zero attached hydrogens (tertiary/aromatic N) is 1. The summed E-state index contributed by atoms with van der Waals surface area (Å²) in [7, 11) is 0. The largest absolute Gasteiger partial charge is 0.465 e. The zero-order valence-corrected chi connectivity index (χ0v) is 12.6. The fourth-order valence-corrected chi connectivity index (χ4v) is 2.97. The molecule has 0 unspecified atom stereocenters. The molecule has 5 heteroatoms. The van der Waals surface area contributed by atoms with Crippen molar-refractivity contribution in [2.24, 2.45) is 0 Å². The highest BCUT2D eigenvalue weighted by molar-refractivity contribution is 5.65. The van der Waals surface area contributed by atoms with E-state index in [1.807, 2.05) is 24.3 Å². The lowest BCUT2D eigenvalue weighted by Gasteiger charge is -2.37. The van der Waals surface area contributed by atoms with Gasteiger partial charge in [-0.15, -0.1) is 0 Å². The van der Waals surface area contributed by atoms with Gasteiger partial charge >= 0.3 is 6.09 Å². The number of hydrogen-bond acceptors (Lipinski definition) is 2. The average molecular weight is 315 g/mol. The Hall–Kier alpha value is -2.40. The lowest BCUT2D eigenvalue weighted by Crippen LogP contribution is -2.44. The van der Waals surface area contributed by atoms with Gasteiger partial charge < -0.3 is 15.1 Å². The highest BCUT2D eigenvalue weighted by Gasteiger charge is 2.35. The van der Waals surface area contributed by atoms with Crippen LogP contribution < -0.4 is 0 Å². The van der Waals surface area contributed by atoms with Gasteiger partial charge in [-0.3, -0.25) is 0 Å². The molecule has 1 heterocycles. The fraction of sp³-hybridized carbons (Fsp3) is 0.278. The summed E-state index contributed by atoms with van der Waals surface area (Å²) in [5, 5.41) is 19.7. The number of halogens is 1. The van der Waals surface area contributed by atoms with Gasteiger partial charge in [0.15, 0.2) is 0 Å². The van der Waals surface area contributed by atoms with Crippen LogP contribution in [0.15, 0.2) is 48.5 Å². The van der Waals surface area contributed by atoms with Crippen LogP contribution in [0.1, 0.15) is 18.4 Å². The van der Waals surface area contributed by atoms with Gasteiger partial charge in [0.05, 0.1) is 5.60 Å². The van der Waals surface area contributed by atoms with Crippen molar-refractivity contribution in [2.75, 3.05) is 13.1 Å². The smallest absolute Gasteiger partial charge is 0.407 e. The molecule has 2 aromatic rings. The van der Waals surface area contributed by atoms with E-state index in [2.05, 4.69) is 0 Å². The molecule has 0 aliphatic carbocycles. The van der Waals surface area contributed by atoms with Crippen LogP contribution in [0.3, 0.4) is 0 Å². The van der Waals surface area contributed by atoms with Crippen molar-refractivity contribution in [3.63, 3.8) is 0 Å². The topological polar surface area (TPSA) is 60.8 Å². The van der Waals surface area contributed by atoms with Gasteiger partial charge in [-0.05, 0) is 41.7 Å². The summed E-state index contributed by atoms with van der Waals surface area (Å²) >= 11 is 0. The molecule has 3 rings (SSSR count). The standard InChI is InChI=1S/C18H18FNO3/c19-16-7-3-14(4-8-16)13-1-5-15(6-2-13)18(23)9-11-20(12-10-18)17(21)22/h1-8,23H,9-12H2,(H,21,22). The summed E-state index contributed by atoms with van der Waals surface area (Å²) in [6.45, 7) is 0.650. The van der Waals surface area contributed by atoms with Crippen LogP contribution in [0.4, 0.5) is 9.18 Å². The zero-order chi connectivity index (χ0) is 16.4. The van der Waals surface area contributed by atoms with Crippen molar-refractivity contribution in [2.45, 2.75) is 18.4 Å². The highest BCUT2D eigenvalue weighted by atomic mass is 19.1. The van der Waals surface area contributed by atoms with E-state index in [4.69, 9.17) is 5.11 Å². The third-order valence-corrected chi connectivity index (χ3v) is 4.46. The molecule has 0 atom stereocenters. The number of rotatable bonds is 2. The van der Waals surface area contributed by atoms with Crippen molar-refractivity contribution in [1.82, 2.24) is 4.90 Å². The summed E-state index contributed by atoms with van der Waals surface area (Å²) < 4.78 is 13.0. The van der Waals surface area contributed by atoms with Crippen molar-refractivity contribution >= 4 is 6.09 Å². The summed E-state index contributed by atoms with van der Waals surface area (Å²) in [6.07, 6.45) is -0.177. The Bertz CT molecular complexity index is 689. The van der Waals surface area contributed by atoms with Crippen molar-refractivity contribution in [3.05, 3.63) is 59.9 Å². The molecular formula is C18H18FNO3. The summed E-state index contributed by atoms with van der Waals surface area (Å²) in [4.78, 5) is 12.3. The van der Waals surface area contributed by atoms with Crippen LogP contribution >= 0.6 is 0 Å². The minimum atomic E-state index is -0.993. The maximum atomic E-state index is 13.0. The zero-order valence-electron chi connectivity index (χ0n) is 12.6. The van der Waals surface area contributed by atoms with Crippen molar-refractivity contribution in [1.29, 1.82) is 0 Å². The number of hydrogen-bond donors (Lipinski definition) is 2. The number of carbonyl (C=O) groups is 1. The average Bonchev–Trinajstić information content (AvgIpc) is 2.56. The predicted octanol–water partition coefficient (Wildman–Crippen LogP) is 3.45. The van der Waals surface area contributed by atoms with Crippen LogP contribution in [0.2, 0.25) is 0 Å². The predicted molar refractivity (Wildman–Crippen MR) is 84.6 cm³/mol. The fourth-order valence-electron chi connectivity index (χ4n) is 2.97. The molecule has 1 amide bonds. The Kier molecular flexibility index (Phi) is 4.05. The first-order chi connectivity index (χ1) is 11.0. The number of carboxylic acid groups (broad SMARTS) is 1. The first kappa shape index (κ1) is 15.5. The van der Waals surface area contributed by atoms with E-state index in [0.29, 0.717) is 25.9 Å².